The van der Waals surface area contributed by atoms with Gasteiger partial charge in [0.2, 0.25) is 0 Å². The van der Waals surface area contributed by atoms with E-state index in [1.807, 2.05) is 26.2 Å². The molecule has 0 bridgehead atoms. The quantitative estimate of drug-likeness (QED) is 0.872. The Morgan fingerprint density at radius 2 is 2.20 bits per heavy atom. The van der Waals surface area contributed by atoms with Gasteiger partial charge < -0.3 is 10.6 Å². The number of amides is 1. The van der Waals surface area contributed by atoms with Gasteiger partial charge in [0.1, 0.15) is 5.69 Å². The third-order valence-electron chi connectivity index (χ3n) is 2.85. The van der Waals surface area contributed by atoms with Crippen molar-refractivity contribution in [2.45, 2.75) is 20.3 Å². The first-order chi connectivity index (χ1) is 9.63. The first kappa shape index (κ1) is 14.0. The van der Waals surface area contributed by atoms with Crippen LogP contribution in [0.25, 0.3) is 0 Å². The Hall–Kier alpha value is -2.37. The fourth-order valence-corrected chi connectivity index (χ4v) is 1.94. The van der Waals surface area contributed by atoms with E-state index in [1.165, 1.54) is 0 Å². The van der Waals surface area contributed by atoms with Crippen LogP contribution in [0.5, 0.6) is 0 Å². The van der Waals surface area contributed by atoms with Gasteiger partial charge in [-0.15, -0.1) is 0 Å². The molecular formula is C14H19N5O. The molecule has 2 aromatic rings. The molecule has 2 heterocycles. The molecule has 0 atom stereocenters. The van der Waals surface area contributed by atoms with Gasteiger partial charge >= 0.3 is 0 Å². The molecule has 1 amide bonds. The summed E-state index contributed by atoms with van der Waals surface area (Å²) in [4.78, 5) is 15.8. The van der Waals surface area contributed by atoms with Crippen LogP contribution in [0.15, 0.2) is 24.5 Å². The minimum atomic E-state index is -0.168. The standard InChI is InChI=1S/C14H19N5O/c1-4-11-13(9-19(3)18-11)17-10-6-7-16-12(8-10)14(20)15-5-2/h6-9H,4-5H2,1-3H3,(H,15,20)(H,16,17). The maximum Gasteiger partial charge on any atom is 0.269 e. The van der Waals surface area contributed by atoms with Crippen molar-refractivity contribution >= 4 is 17.3 Å². The minimum absolute atomic E-state index is 0.168. The molecule has 0 spiro atoms. The minimum Gasteiger partial charge on any atom is -0.353 e. The van der Waals surface area contributed by atoms with Crippen LogP contribution >= 0.6 is 0 Å². The van der Waals surface area contributed by atoms with Gasteiger partial charge in [0.15, 0.2) is 0 Å². The number of anilines is 2. The summed E-state index contributed by atoms with van der Waals surface area (Å²) in [5.41, 5.74) is 3.16. The maximum absolute atomic E-state index is 11.8. The molecule has 0 saturated heterocycles. The van der Waals surface area contributed by atoms with Crippen molar-refractivity contribution in [3.05, 3.63) is 35.9 Å². The lowest BCUT2D eigenvalue weighted by Gasteiger charge is -2.07. The van der Waals surface area contributed by atoms with Crippen molar-refractivity contribution in [1.29, 1.82) is 0 Å². The van der Waals surface area contributed by atoms with E-state index in [9.17, 15) is 4.79 Å². The maximum atomic E-state index is 11.8. The normalized spacial score (nSPS) is 10.3. The summed E-state index contributed by atoms with van der Waals surface area (Å²) in [6, 6.07) is 3.56. The highest BCUT2D eigenvalue weighted by atomic mass is 16.1. The molecule has 2 aromatic heterocycles. The number of hydrogen-bond acceptors (Lipinski definition) is 4. The van der Waals surface area contributed by atoms with Crippen LogP contribution in [0.4, 0.5) is 11.4 Å². The molecule has 2 N–H and O–H groups in total. The summed E-state index contributed by atoms with van der Waals surface area (Å²) in [5.74, 6) is -0.168. The number of nitrogens with one attached hydrogen (secondary N) is 2. The first-order valence-electron chi connectivity index (χ1n) is 6.67. The summed E-state index contributed by atoms with van der Waals surface area (Å²) in [6.45, 7) is 4.52. The van der Waals surface area contributed by atoms with Crippen molar-refractivity contribution in [3.63, 3.8) is 0 Å². The van der Waals surface area contributed by atoms with Crippen LogP contribution in [0.1, 0.15) is 30.0 Å². The number of aryl methyl sites for hydroxylation is 2. The van der Waals surface area contributed by atoms with E-state index in [4.69, 9.17) is 0 Å². The molecule has 6 nitrogen and oxygen atoms in total. The zero-order chi connectivity index (χ0) is 14.5. The van der Waals surface area contributed by atoms with Crippen LogP contribution in [0.2, 0.25) is 0 Å². The lowest BCUT2D eigenvalue weighted by molar-refractivity contribution is 0.0951. The number of aromatic nitrogens is 3. The van der Waals surface area contributed by atoms with Crippen molar-refractivity contribution in [2.75, 3.05) is 11.9 Å². The highest BCUT2D eigenvalue weighted by molar-refractivity contribution is 5.93. The van der Waals surface area contributed by atoms with Gasteiger partial charge in [0.25, 0.3) is 5.91 Å². The van der Waals surface area contributed by atoms with Crippen molar-refractivity contribution in [2.24, 2.45) is 7.05 Å². The van der Waals surface area contributed by atoms with E-state index in [2.05, 4.69) is 27.6 Å². The molecule has 0 saturated carbocycles. The Morgan fingerprint density at radius 1 is 1.40 bits per heavy atom. The molecule has 0 aliphatic carbocycles. The molecule has 0 unspecified atom stereocenters. The SMILES string of the molecule is CCNC(=O)c1cc(Nc2cn(C)nc2CC)ccn1. The topological polar surface area (TPSA) is 71.8 Å². The summed E-state index contributed by atoms with van der Waals surface area (Å²) < 4.78 is 1.77. The smallest absolute Gasteiger partial charge is 0.269 e. The zero-order valence-corrected chi connectivity index (χ0v) is 12.0. The molecule has 106 valence electrons. The predicted molar refractivity (Wildman–Crippen MR) is 78.1 cm³/mol. The second-order valence-electron chi connectivity index (χ2n) is 4.43. The van der Waals surface area contributed by atoms with Gasteiger partial charge in [0.05, 0.1) is 11.4 Å². The number of carbonyl (C=O) groups is 1. The van der Waals surface area contributed by atoms with Gasteiger partial charge in [0, 0.05) is 31.7 Å². The second-order valence-corrected chi connectivity index (χ2v) is 4.43. The molecule has 0 radical (unpaired) electrons. The number of hydrogen-bond donors (Lipinski definition) is 2. The van der Waals surface area contributed by atoms with Gasteiger partial charge in [-0.05, 0) is 25.5 Å². The first-order valence-corrected chi connectivity index (χ1v) is 6.67. The highest BCUT2D eigenvalue weighted by Gasteiger charge is 2.09. The molecule has 2 rings (SSSR count). The molecular weight excluding hydrogens is 254 g/mol. The van der Waals surface area contributed by atoms with E-state index in [0.29, 0.717) is 12.2 Å². The molecule has 0 aliphatic heterocycles. The van der Waals surface area contributed by atoms with E-state index in [1.54, 1.807) is 16.9 Å². The third-order valence-corrected chi connectivity index (χ3v) is 2.85. The fourth-order valence-electron chi connectivity index (χ4n) is 1.94. The largest absolute Gasteiger partial charge is 0.353 e. The molecule has 0 aromatic carbocycles. The average molecular weight is 273 g/mol. The van der Waals surface area contributed by atoms with Crippen LogP contribution in [-0.4, -0.2) is 27.2 Å². The lowest BCUT2D eigenvalue weighted by Crippen LogP contribution is -2.23. The predicted octanol–water partition coefficient (Wildman–Crippen LogP) is 1.87. The molecule has 20 heavy (non-hydrogen) atoms. The van der Waals surface area contributed by atoms with E-state index in [-0.39, 0.29) is 5.91 Å². The van der Waals surface area contributed by atoms with Crippen LogP contribution in [0.3, 0.4) is 0 Å². The Kier molecular flexibility index (Phi) is 4.34. The molecule has 6 heteroatoms. The second kappa shape index (κ2) is 6.18. The molecule has 0 aliphatic rings. The Labute approximate surface area is 118 Å². The van der Waals surface area contributed by atoms with Gasteiger partial charge in [-0.1, -0.05) is 6.92 Å². The van der Waals surface area contributed by atoms with E-state index < -0.39 is 0 Å². The van der Waals surface area contributed by atoms with Gasteiger partial charge in [-0.3, -0.25) is 14.5 Å². The van der Waals surface area contributed by atoms with E-state index in [0.717, 1.165) is 23.5 Å². The zero-order valence-electron chi connectivity index (χ0n) is 12.0. The van der Waals surface area contributed by atoms with Crippen LogP contribution in [-0.2, 0) is 13.5 Å². The average Bonchev–Trinajstić information content (AvgIpc) is 2.79. The molecule has 0 fully saturated rings. The van der Waals surface area contributed by atoms with E-state index >= 15 is 0 Å². The van der Waals surface area contributed by atoms with Crippen LogP contribution < -0.4 is 10.6 Å². The number of pyridine rings is 1. The summed E-state index contributed by atoms with van der Waals surface area (Å²) in [7, 11) is 1.89. The summed E-state index contributed by atoms with van der Waals surface area (Å²) >= 11 is 0. The van der Waals surface area contributed by atoms with Gasteiger partial charge in [-0.2, -0.15) is 5.10 Å². The summed E-state index contributed by atoms with van der Waals surface area (Å²) in [5, 5.41) is 10.4. The Bertz CT molecular complexity index is 605. The fraction of sp³-hybridized carbons (Fsp3) is 0.357. The highest BCUT2D eigenvalue weighted by Crippen LogP contribution is 2.20. The van der Waals surface area contributed by atoms with Crippen LogP contribution in [0, 0.1) is 0 Å². The van der Waals surface area contributed by atoms with Crippen molar-refractivity contribution in [1.82, 2.24) is 20.1 Å². The lowest BCUT2D eigenvalue weighted by atomic mass is 10.2. The number of rotatable bonds is 5. The summed E-state index contributed by atoms with van der Waals surface area (Å²) in [6.07, 6.45) is 4.39. The Morgan fingerprint density at radius 3 is 2.90 bits per heavy atom. The Balaban J connectivity index is 2.21. The van der Waals surface area contributed by atoms with Crippen molar-refractivity contribution < 1.29 is 4.79 Å². The third kappa shape index (κ3) is 3.14. The number of nitrogens with zero attached hydrogens (tertiary/aromatic N) is 3. The van der Waals surface area contributed by atoms with Gasteiger partial charge in [-0.25, -0.2) is 0 Å². The monoisotopic (exact) mass is 273 g/mol. The number of carbonyl (C=O) groups excluding carboxylic acids is 1. The van der Waals surface area contributed by atoms with Crippen molar-refractivity contribution in [3.8, 4) is 0 Å².